The molecule has 132 valence electrons. The van der Waals surface area contributed by atoms with Crippen molar-refractivity contribution < 1.29 is 29.6 Å². The van der Waals surface area contributed by atoms with E-state index < -0.39 is 23.2 Å². The van der Waals surface area contributed by atoms with Gasteiger partial charge in [-0.05, 0) is 48.7 Å². The van der Waals surface area contributed by atoms with Gasteiger partial charge in [-0.15, -0.1) is 0 Å². The lowest BCUT2D eigenvalue weighted by atomic mass is 10.1. The number of nitrogens with one attached hydrogen (secondary N) is 1. The van der Waals surface area contributed by atoms with Crippen LogP contribution >= 0.6 is 0 Å². The number of amides is 1. The molecule has 2 aromatic rings. The summed E-state index contributed by atoms with van der Waals surface area (Å²) in [6, 6.07) is 9.11. The van der Waals surface area contributed by atoms with Crippen LogP contribution < -0.4 is 5.32 Å². The molecule has 0 unspecified atom stereocenters. The maximum atomic E-state index is 12.0. The minimum atomic E-state index is -0.563. The Morgan fingerprint density at radius 1 is 1.08 bits per heavy atom. The summed E-state index contributed by atoms with van der Waals surface area (Å²) in [7, 11) is 1.28. The van der Waals surface area contributed by atoms with Crippen LogP contribution in [0.1, 0.15) is 28.8 Å². The fourth-order valence-electron chi connectivity index (χ4n) is 2.32. The summed E-state index contributed by atoms with van der Waals surface area (Å²) in [6.45, 7) is 0. The average molecular weight is 345 g/mol. The third kappa shape index (κ3) is 4.87. The van der Waals surface area contributed by atoms with Crippen molar-refractivity contribution in [2.45, 2.75) is 19.3 Å². The zero-order chi connectivity index (χ0) is 18.4. The fraction of sp³-hybridized carbons (Fsp3) is 0.222. The highest BCUT2D eigenvalue weighted by atomic mass is 16.5. The summed E-state index contributed by atoms with van der Waals surface area (Å²) in [5.74, 6) is -2.08. The minimum Gasteiger partial charge on any atom is -0.504 e. The SMILES string of the molecule is COC(=O)c1cccc(NC(=O)CCCc2cc(O)c(O)c(O)c2)c1. The van der Waals surface area contributed by atoms with Gasteiger partial charge in [0.2, 0.25) is 5.91 Å². The van der Waals surface area contributed by atoms with E-state index in [2.05, 4.69) is 10.1 Å². The number of ether oxygens (including phenoxy) is 1. The first-order valence-corrected chi connectivity index (χ1v) is 7.62. The van der Waals surface area contributed by atoms with Crippen molar-refractivity contribution in [2.75, 3.05) is 12.4 Å². The smallest absolute Gasteiger partial charge is 0.337 e. The topological polar surface area (TPSA) is 116 Å². The van der Waals surface area contributed by atoms with Crippen LogP contribution in [0.4, 0.5) is 5.69 Å². The number of phenolic OH excluding ortho intramolecular Hbond substituents is 3. The number of anilines is 1. The standard InChI is InChI=1S/C18H19NO6/c1-25-18(24)12-5-3-6-13(10-12)19-16(22)7-2-4-11-8-14(20)17(23)15(21)9-11/h3,5-6,8-10,20-21,23H,2,4,7H2,1H3,(H,19,22). The largest absolute Gasteiger partial charge is 0.504 e. The number of benzene rings is 2. The molecule has 1 amide bonds. The van der Waals surface area contributed by atoms with Crippen LogP contribution in [0, 0.1) is 0 Å². The molecule has 2 rings (SSSR count). The van der Waals surface area contributed by atoms with E-state index in [1.54, 1.807) is 18.2 Å². The summed E-state index contributed by atoms with van der Waals surface area (Å²) in [5.41, 5.74) is 1.44. The van der Waals surface area contributed by atoms with Crippen LogP contribution in [0.25, 0.3) is 0 Å². The second-order valence-corrected chi connectivity index (χ2v) is 5.46. The Labute approximate surface area is 144 Å². The van der Waals surface area contributed by atoms with E-state index in [0.29, 0.717) is 29.7 Å². The van der Waals surface area contributed by atoms with Gasteiger partial charge in [-0.2, -0.15) is 0 Å². The highest BCUT2D eigenvalue weighted by Gasteiger charge is 2.10. The molecule has 25 heavy (non-hydrogen) atoms. The van der Waals surface area contributed by atoms with Gasteiger partial charge in [-0.25, -0.2) is 4.79 Å². The molecule has 0 fully saturated rings. The quantitative estimate of drug-likeness (QED) is 0.472. The van der Waals surface area contributed by atoms with Gasteiger partial charge in [0, 0.05) is 12.1 Å². The number of esters is 1. The first-order valence-electron chi connectivity index (χ1n) is 7.62. The van der Waals surface area contributed by atoms with E-state index in [1.807, 2.05) is 0 Å². The molecule has 0 atom stereocenters. The number of hydrogen-bond acceptors (Lipinski definition) is 6. The summed E-state index contributed by atoms with van der Waals surface area (Å²) in [4.78, 5) is 23.4. The molecule has 0 aliphatic carbocycles. The fourth-order valence-corrected chi connectivity index (χ4v) is 2.32. The van der Waals surface area contributed by atoms with Gasteiger partial charge >= 0.3 is 5.97 Å². The molecule has 0 spiro atoms. The number of aromatic hydroxyl groups is 3. The summed E-state index contributed by atoms with van der Waals surface area (Å²) < 4.78 is 4.63. The van der Waals surface area contributed by atoms with Gasteiger partial charge in [0.05, 0.1) is 12.7 Å². The van der Waals surface area contributed by atoms with Gasteiger partial charge in [0.15, 0.2) is 17.2 Å². The van der Waals surface area contributed by atoms with Crippen molar-refractivity contribution in [1.82, 2.24) is 0 Å². The second-order valence-electron chi connectivity index (χ2n) is 5.46. The lowest BCUT2D eigenvalue weighted by Gasteiger charge is -2.08. The Morgan fingerprint density at radius 3 is 2.40 bits per heavy atom. The number of hydrogen-bond donors (Lipinski definition) is 4. The van der Waals surface area contributed by atoms with Crippen molar-refractivity contribution in [1.29, 1.82) is 0 Å². The van der Waals surface area contributed by atoms with E-state index in [1.165, 1.54) is 25.3 Å². The summed E-state index contributed by atoms with van der Waals surface area (Å²) in [5, 5.41) is 30.9. The lowest BCUT2D eigenvalue weighted by molar-refractivity contribution is -0.116. The number of carbonyl (C=O) groups is 2. The molecule has 0 aliphatic rings. The molecule has 0 saturated carbocycles. The first-order chi connectivity index (χ1) is 11.9. The Kier molecular flexibility index (Phi) is 5.84. The van der Waals surface area contributed by atoms with Crippen molar-refractivity contribution in [3.05, 3.63) is 47.5 Å². The number of rotatable bonds is 6. The Balaban J connectivity index is 1.88. The van der Waals surface area contributed by atoms with Gasteiger partial charge in [0.1, 0.15) is 0 Å². The number of phenols is 3. The lowest BCUT2D eigenvalue weighted by Crippen LogP contribution is -2.12. The zero-order valence-electron chi connectivity index (χ0n) is 13.7. The van der Waals surface area contributed by atoms with Crippen LogP contribution in [-0.4, -0.2) is 34.3 Å². The van der Waals surface area contributed by atoms with Crippen molar-refractivity contribution in [2.24, 2.45) is 0 Å². The van der Waals surface area contributed by atoms with Crippen LogP contribution in [0.3, 0.4) is 0 Å². The van der Waals surface area contributed by atoms with E-state index in [-0.39, 0.29) is 12.3 Å². The normalized spacial score (nSPS) is 10.3. The molecule has 0 heterocycles. The van der Waals surface area contributed by atoms with Gasteiger partial charge < -0.3 is 25.4 Å². The Morgan fingerprint density at radius 2 is 1.76 bits per heavy atom. The number of carbonyl (C=O) groups excluding carboxylic acids is 2. The minimum absolute atomic E-state index is 0.213. The molecule has 0 bridgehead atoms. The second kappa shape index (κ2) is 8.05. The number of aryl methyl sites for hydroxylation is 1. The average Bonchev–Trinajstić information content (AvgIpc) is 2.59. The van der Waals surface area contributed by atoms with Gasteiger partial charge in [-0.1, -0.05) is 6.07 Å². The first kappa shape index (κ1) is 18.1. The third-order valence-electron chi connectivity index (χ3n) is 3.57. The molecule has 4 N–H and O–H groups in total. The summed E-state index contributed by atoms with van der Waals surface area (Å²) >= 11 is 0. The van der Waals surface area contributed by atoms with E-state index >= 15 is 0 Å². The zero-order valence-corrected chi connectivity index (χ0v) is 13.7. The van der Waals surface area contributed by atoms with E-state index in [4.69, 9.17) is 0 Å². The molecule has 7 nitrogen and oxygen atoms in total. The van der Waals surface area contributed by atoms with Crippen LogP contribution in [-0.2, 0) is 16.0 Å². The molecule has 0 aromatic heterocycles. The van der Waals surface area contributed by atoms with Gasteiger partial charge in [-0.3, -0.25) is 4.79 Å². The van der Waals surface area contributed by atoms with Gasteiger partial charge in [0.25, 0.3) is 0 Å². The van der Waals surface area contributed by atoms with E-state index in [9.17, 15) is 24.9 Å². The molecular formula is C18H19NO6. The summed E-state index contributed by atoms with van der Waals surface area (Å²) in [6.07, 6.45) is 1.13. The maximum absolute atomic E-state index is 12.0. The Bertz CT molecular complexity index is 764. The molecule has 0 radical (unpaired) electrons. The van der Waals surface area contributed by atoms with Crippen molar-refractivity contribution in [3.63, 3.8) is 0 Å². The third-order valence-corrected chi connectivity index (χ3v) is 3.57. The van der Waals surface area contributed by atoms with Crippen LogP contribution in [0.5, 0.6) is 17.2 Å². The number of methoxy groups -OCH3 is 1. The highest BCUT2D eigenvalue weighted by molar-refractivity contribution is 5.94. The van der Waals surface area contributed by atoms with E-state index in [0.717, 1.165) is 0 Å². The maximum Gasteiger partial charge on any atom is 0.337 e. The molecule has 0 saturated heterocycles. The highest BCUT2D eigenvalue weighted by Crippen LogP contribution is 2.35. The molecular weight excluding hydrogens is 326 g/mol. The Hall–Kier alpha value is -3.22. The molecule has 0 aliphatic heterocycles. The van der Waals surface area contributed by atoms with Crippen molar-refractivity contribution in [3.8, 4) is 17.2 Å². The van der Waals surface area contributed by atoms with Crippen LogP contribution in [0.2, 0.25) is 0 Å². The predicted octanol–water partition coefficient (Wildman–Crippen LogP) is 2.55. The van der Waals surface area contributed by atoms with Crippen LogP contribution in [0.15, 0.2) is 36.4 Å². The predicted molar refractivity (Wildman–Crippen MR) is 90.8 cm³/mol. The van der Waals surface area contributed by atoms with Crippen molar-refractivity contribution >= 4 is 17.6 Å². The monoisotopic (exact) mass is 345 g/mol. The molecule has 7 heteroatoms. The molecule has 2 aromatic carbocycles.